The van der Waals surface area contributed by atoms with Crippen LogP contribution in [0.15, 0.2) is 30.5 Å². The highest BCUT2D eigenvalue weighted by Gasteiger charge is 2.11. The van der Waals surface area contributed by atoms with Crippen LogP contribution in [-0.2, 0) is 0 Å². The highest BCUT2D eigenvalue weighted by molar-refractivity contribution is 5.91. The van der Waals surface area contributed by atoms with Crippen molar-refractivity contribution in [2.24, 2.45) is 0 Å². The first-order valence-corrected chi connectivity index (χ1v) is 6.71. The number of quaternary nitrogens is 1. The van der Waals surface area contributed by atoms with E-state index in [1.54, 1.807) is 6.07 Å². The van der Waals surface area contributed by atoms with E-state index in [0.717, 1.165) is 6.07 Å². The number of nitrogens with two attached hydrogens (primary N) is 1. The van der Waals surface area contributed by atoms with Gasteiger partial charge in [-0.25, -0.2) is 0 Å². The van der Waals surface area contributed by atoms with Crippen LogP contribution in [0.25, 0.3) is 10.9 Å². The van der Waals surface area contributed by atoms with Gasteiger partial charge in [0.05, 0.1) is 28.9 Å². The van der Waals surface area contributed by atoms with Crippen LogP contribution in [0, 0.1) is 10.1 Å². The monoisotopic (exact) mass is 275 g/mol. The lowest BCUT2D eigenvalue weighted by molar-refractivity contribution is -0.662. The highest BCUT2D eigenvalue weighted by Crippen LogP contribution is 2.28. The molecule has 0 unspecified atom stereocenters. The quantitative estimate of drug-likeness (QED) is 0.619. The molecule has 0 saturated carbocycles. The number of fused-ring (bicyclic) bond motifs is 1. The fourth-order valence-corrected chi connectivity index (χ4v) is 2.19. The Kier molecular flexibility index (Phi) is 4.84. The molecule has 0 atom stereocenters. The van der Waals surface area contributed by atoms with Crippen molar-refractivity contribution in [2.75, 3.05) is 13.1 Å². The molecule has 2 heterocycles. The van der Waals surface area contributed by atoms with Gasteiger partial charge in [0.2, 0.25) is 0 Å². The van der Waals surface area contributed by atoms with Crippen molar-refractivity contribution < 1.29 is 15.3 Å². The second-order valence-electron chi connectivity index (χ2n) is 4.67. The zero-order valence-corrected chi connectivity index (χ0v) is 11.1. The smallest absolute Gasteiger partial charge is 0.278 e. The van der Waals surface area contributed by atoms with E-state index in [9.17, 15) is 15.2 Å². The third kappa shape index (κ3) is 3.42. The molecule has 1 saturated heterocycles. The Morgan fingerprint density at radius 1 is 1.15 bits per heavy atom. The molecule has 20 heavy (non-hydrogen) atoms. The topological polar surface area (TPSA) is 95.7 Å². The van der Waals surface area contributed by atoms with Gasteiger partial charge in [0, 0.05) is 12.3 Å². The maximum Gasteiger partial charge on any atom is 0.278 e. The number of rotatable bonds is 1. The van der Waals surface area contributed by atoms with Gasteiger partial charge in [-0.15, -0.1) is 0 Å². The predicted molar refractivity (Wildman–Crippen MR) is 73.4 cm³/mol. The first-order valence-electron chi connectivity index (χ1n) is 6.71. The van der Waals surface area contributed by atoms with Crippen molar-refractivity contribution in [3.05, 3.63) is 40.6 Å². The molecule has 3 rings (SSSR count). The van der Waals surface area contributed by atoms with E-state index in [2.05, 4.69) is 10.3 Å². The van der Waals surface area contributed by atoms with Crippen molar-refractivity contribution in [2.45, 2.75) is 19.3 Å². The van der Waals surface area contributed by atoms with Gasteiger partial charge in [0.15, 0.2) is 0 Å². The van der Waals surface area contributed by atoms with Gasteiger partial charge in [0.25, 0.3) is 5.69 Å². The van der Waals surface area contributed by atoms with Crippen LogP contribution in [0.5, 0.6) is 5.75 Å². The molecule has 6 heteroatoms. The summed E-state index contributed by atoms with van der Waals surface area (Å²) in [6.45, 7) is 2.75. The summed E-state index contributed by atoms with van der Waals surface area (Å²) >= 11 is 0. The van der Waals surface area contributed by atoms with E-state index in [0.29, 0.717) is 0 Å². The minimum absolute atomic E-state index is 0.0901. The normalized spacial score (nSPS) is 14.4. The zero-order chi connectivity index (χ0) is 14.4. The van der Waals surface area contributed by atoms with Crippen LogP contribution in [0.3, 0.4) is 0 Å². The van der Waals surface area contributed by atoms with Gasteiger partial charge in [-0.1, -0.05) is 11.8 Å². The van der Waals surface area contributed by atoms with Crippen molar-refractivity contribution >= 4 is 16.6 Å². The van der Waals surface area contributed by atoms with Gasteiger partial charge in [-0.3, -0.25) is 15.1 Å². The minimum atomic E-state index is -0.524. The number of hydrogen-bond donors (Lipinski definition) is 1. The lowest BCUT2D eigenvalue weighted by atomic mass is 10.2. The summed E-state index contributed by atoms with van der Waals surface area (Å²) in [5.41, 5.74) is 0.0504. The van der Waals surface area contributed by atoms with Crippen LogP contribution >= 0.6 is 0 Å². The molecule has 0 radical (unpaired) electrons. The third-order valence-electron chi connectivity index (χ3n) is 3.22. The summed E-state index contributed by atoms with van der Waals surface area (Å²) in [6.07, 6.45) is 5.80. The van der Waals surface area contributed by atoms with E-state index >= 15 is 0 Å². The molecule has 6 nitrogen and oxygen atoms in total. The van der Waals surface area contributed by atoms with Crippen LogP contribution in [0.1, 0.15) is 19.3 Å². The number of hydrogen-bond acceptors (Lipinski definition) is 4. The molecule has 1 aliphatic heterocycles. The van der Waals surface area contributed by atoms with Gasteiger partial charge < -0.3 is 10.4 Å². The van der Waals surface area contributed by atoms with E-state index in [-0.39, 0.29) is 22.3 Å². The maximum atomic E-state index is 11.3. The first-order chi connectivity index (χ1) is 9.70. The highest BCUT2D eigenvalue weighted by atomic mass is 16.6. The molecule has 0 aliphatic carbocycles. The van der Waals surface area contributed by atoms with Crippen LogP contribution in [-0.4, -0.2) is 23.0 Å². The summed E-state index contributed by atoms with van der Waals surface area (Å²) in [6, 6.07) is 5.44. The molecule has 106 valence electrons. The summed E-state index contributed by atoms with van der Waals surface area (Å²) in [5, 5.41) is 24.5. The SMILES string of the molecule is C1CC[NH2+]CC1.O=[N+]([O-])c1ccc([O-])c2ncccc12. The third-order valence-corrected chi connectivity index (χ3v) is 3.22. The second-order valence-corrected chi connectivity index (χ2v) is 4.67. The molecule has 0 spiro atoms. The van der Waals surface area contributed by atoms with E-state index in [1.165, 1.54) is 50.7 Å². The standard InChI is InChI=1S/C9H6N2O3.C5H11N/c12-8-4-3-7(11(13)14)6-2-1-5-10-9(6)8;1-2-4-6-5-3-1/h1-5,12H;6H,1-5H2. The number of aromatic nitrogens is 1. The largest absolute Gasteiger partial charge is 0.871 e. The molecule has 1 fully saturated rings. The average molecular weight is 275 g/mol. The number of benzene rings is 1. The summed E-state index contributed by atoms with van der Waals surface area (Å²) in [7, 11) is 0. The number of non-ortho nitro benzene ring substituents is 1. The minimum Gasteiger partial charge on any atom is -0.871 e. The molecule has 1 aromatic heterocycles. The van der Waals surface area contributed by atoms with Crippen LogP contribution in [0.4, 0.5) is 5.69 Å². The molecular formula is C14H17N3O3. The Bertz CT molecular complexity index is 586. The lowest BCUT2D eigenvalue weighted by Gasteiger charge is -2.08. The van der Waals surface area contributed by atoms with Crippen molar-refractivity contribution in [3.8, 4) is 5.75 Å². The maximum absolute atomic E-state index is 11.3. The molecular weight excluding hydrogens is 258 g/mol. The molecule has 2 aromatic rings. The van der Waals surface area contributed by atoms with E-state index in [1.807, 2.05) is 0 Å². The predicted octanol–water partition coefficient (Wildman–Crippen LogP) is 0.950. The van der Waals surface area contributed by atoms with E-state index < -0.39 is 4.92 Å². The summed E-state index contributed by atoms with van der Waals surface area (Å²) < 4.78 is 0. The van der Waals surface area contributed by atoms with Gasteiger partial charge in [-0.05, 0) is 31.4 Å². The Balaban J connectivity index is 0.000000205. The van der Waals surface area contributed by atoms with Crippen molar-refractivity contribution in [1.82, 2.24) is 4.98 Å². The van der Waals surface area contributed by atoms with Gasteiger partial charge in [0.1, 0.15) is 0 Å². The Labute approximate surface area is 116 Å². The number of nitrogens with zero attached hydrogens (tertiary/aromatic N) is 2. The number of pyridine rings is 1. The van der Waals surface area contributed by atoms with Crippen molar-refractivity contribution in [1.29, 1.82) is 0 Å². The van der Waals surface area contributed by atoms with Crippen molar-refractivity contribution in [3.63, 3.8) is 0 Å². The number of nitro benzene ring substituents is 1. The molecule has 1 aliphatic rings. The number of piperidine rings is 1. The summed E-state index contributed by atoms with van der Waals surface area (Å²) in [5.74, 6) is -0.300. The van der Waals surface area contributed by atoms with Crippen LogP contribution < -0.4 is 10.4 Å². The molecule has 2 N–H and O–H groups in total. The fraction of sp³-hybridized carbons (Fsp3) is 0.357. The lowest BCUT2D eigenvalue weighted by Crippen LogP contribution is -2.85. The summed E-state index contributed by atoms with van der Waals surface area (Å²) in [4.78, 5) is 13.9. The Hall–Kier alpha value is -2.21. The molecule has 0 bridgehead atoms. The van der Waals surface area contributed by atoms with E-state index in [4.69, 9.17) is 0 Å². The second kappa shape index (κ2) is 6.81. The van der Waals surface area contributed by atoms with Gasteiger partial charge in [-0.2, -0.15) is 0 Å². The first kappa shape index (κ1) is 14.2. The number of nitro groups is 1. The fourth-order valence-electron chi connectivity index (χ4n) is 2.19. The molecule has 1 aromatic carbocycles. The average Bonchev–Trinajstić information content (AvgIpc) is 2.50. The molecule has 0 amide bonds. The Morgan fingerprint density at radius 3 is 2.45 bits per heavy atom. The van der Waals surface area contributed by atoms with Crippen LogP contribution in [0.2, 0.25) is 0 Å². The van der Waals surface area contributed by atoms with Gasteiger partial charge >= 0.3 is 0 Å². The zero-order valence-electron chi connectivity index (χ0n) is 11.1. The Morgan fingerprint density at radius 2 is 1.90 bits per heavy atom.